The van der Waals surface area contributed by atoms with E-state index in [1.807, 2.05) is 0 Å². The maximum Gasteiger partial charge on any atom is 0.416 e. The molecule has 5 nitrogen and oxygen atoms in total. The van der Waals surface area contributed by atoms with Crippen LogP contribution in [0.15, 0.2) is 30.6 Å². The molecule has 1 fully saturated rings. The van der Waals surface area contributed by atoms with Crippen LogP contribution in [0.4, 0.5) is 24.7 Å². The fraction of sp³-hybridized carbons (Fsp3) is 0.389. The van der Waals surface area contributed by atoms with Gasteiger partial charge in [-0.1, -0.05) is 30.9 Å². The zero-order valence-electron chi connectivity index (χ0n) is 14.3. The molecule has 0 unspecified atom stereocenters. The number of anilines is 2. The summed E-state index contributed by atoms with van der Waals surface area (Å²) in [4.78, 5) is 20.5. The molecule has 27 heavy (non-hydrogen) atoms. The van der Waals surface area contributed by atoms with E-state index in [1.165, 1.54) is 31.7 Å². The lowest BCUT2D eigenvalue weighted by molar-refractivity contribution is -0.137. The number of nitrogens with one attached hydrogen (secondary N) is 2. The highest BCUT2D eigenvalue weighted by molar-refractivity contribution is 6.33. The number of hydrogen-bond donors (Lipinski definition) is 2. The molecule has 9 heteroatoms. The second-order valence-corrected chi connectivity index (χ2v) is 6.82. The number of nitrogens with zero attached hydrogens (tertiary/aromatic N) is 2. The van der Waals surface area contributed by atoms with Crippen molar-refractivity contribution in [3.63, 3.8) is 0 Å². The Morgan fingerprint density at radius 3 is 2.48 bits per heavy atom. The second kappa shape index (κ2) is 8.12. The predicted octanol–water partition coefficient (Wildman–Crippen LogP) is 5.15. The molecule has 2 N–H and O–H groups in total. The van der Waals surface area contributed by atoms with Crippen molar-refractivity contribution in [2.75, 3.05) is 10.6 Å². The van der Waals surface area contributed by atoms with E-state index in [9.17, 15) is 18.0 Å². The van der Waals surface area contributed by atoms with Crippen molar-refractivity contribution >= 4 is 29.0 Å². The summed E-state index contributed by atoms with van der Waals surface area (Å²) in [5.41, 5.74) is -1.05. The number of hydrogen-bond acceptors (Lipinski definition) is 4. The van der Waals surface area contributed by atoms with E-state index in [0.29, 0.717) is 11.9 Å². The molecular formula is C18H18ClF3N4O. The van der Waals surface area contributed by atoms with Gasteiger partial charge in [-0.3, -0.25) is 4.79 Å². The lowest BCUT2D eigenvalue weighted by Gasteiger charge is -2.23. The third-order valence-electron chi connectivity index (χ3n) is 4.38. The zero-order valence-corrected chi connectivity index (χ0v) is 15.1. The standard InChI is InChI=1S/C18H18ClF3N4O/c19-13-7-6-11(18(20,21)22)8-14(13)26-17(27)15-9-24-16(10-23-15)25-12-4-2-1-3-5-12/h6-10,12H,1-5H2,(H,24,25)(H,26,27). The number of amides is 1. The topological polar surface area (TPSA) is 66.9 Å². The SMILES string of the molecule is O=C(Nc1cc(C(F)(F)F)ccc1Cl)c1cnc(NC2CCCCC2)cn1. The van der Waals surface area contributed by atoms with Crippen molar-refractivity contribution in [2.45, 2.75) is 44.3 Å². The van der Waals surface area contributed by atoms with Gasteiger partial charge in [-0.25, -0.2) is 9.97 Å². The first kappa shape index (κ1) is 19.4. The number of benzene rings is 1. The Bertz CT molecular complexity index is 805. The Morgan fingerprint density at radius 2 is 1.85 bits per heavy atom. The fourth-order valence-corrected chi connectivity index (χ4v) is 3.12. The molecule has 3 rings (SSSR count). The number of carbonyl (C=O) groups excluding carboxylic acids is 1. The third kappa shape index (κ3) is 5.09. The molecule has 1 aromatic heterocycles. The van der Waals surface area contributed by atoms with Crippen LogP contribution in [0.5, 0.6) is 0 Å². The second-order valence-electron chi connectivity index (χ2n) is 6.41. The first-order valence-electron chi connectivity index (χ1n) is 8.59. The highest BCUT2D eigenvalue weighted by Gasteiger charge is 2.31. The van der Waals surface area contributed by atoms with E-state index in [0.717, 1.165) is 31.0 Å². The largest absolute Gasteiger partial charge is 0.416 e. The summed E-state index contributed by atoms with van der Waals surface area (Å²) < 4.78 is 38.4. The highest BCUT2D eigenvalue weighted by atomic mass is 35.5. The van der Waals surface area contributed by atoms with Crippen LogP contribution in [-0.2, 0) is 6.18 Å². The summed E-state index contributed by atoms with van der Waals surface area (Å²) in [6.07, 6.45) is 3.90. The zero-order chi connectivity index (χ0) is 19.4. The Hall–Kier alpha value is -2.35. The van der Waals surface area contributed by atoms with Crippen molar-refractivity contribution in [1.82, 2.24) is 9.97 Å². The van der Waals surface area contributed by atoms with Gasteiger partial charge in [0.2, 0.25) is 0 Å². The first-order chi connectivity index (χ1) is 12.8. The molecule has 1 saturated carbocycles. The first-order valence-corrected chi connectivity index (χ1v) is 8.97. The van der Waals surface area contributed by atoms with Crippen molar-refractivity contribution in [2.24, 2.45) is 0 Å². The van der Waals surface area contributed by atoms with Gasteiger partial charge in [0.15, 0.2) is 0 Å². The minimum Gasteiger partial charge on any atom is -0.366 e. The molecule has 0 bridgehead atoms. The van der Waals surface area contributed by atoms with Crippen LogP contribution in [0, 0.1) is 0 Å². The molecule has 0 aliphatic heterocycles. The molecule has 1 aromatic carbocycles. The van der Waals surface area contributed by atoms with Crippen molar-refractivity contribution < 1.29 is 18.0 Å². The summed E-state index contributed by atoms with van der Waals surface area (Å²) in [5.74, 6) is -0.122. The van der Waals surface area contributed by atoms with Gasteiger partial charge in [-0.15, -0.1) is 0 Å². The Morgan fingerprint density at radius 1 is 1.11 bits per heavy atom. The van der Waals surface area contributed by atoms with Gasteiger partial charge in [0.25, 0.3) is 5.91 Å². The average Bonchev–Trinajstić information content (AvgIpc) is 2.64. The molecular weight excluding hydrogens is 381 g/mol. The van der Waals surface area contributed by atoms with E-state index in [1.54, 1.807) is 0 Å². The van der Waals surface area contributed by atoms with Crippen LogP contribution >= 0.6 is 11.6 Å². The fourth-order valence-electron chi connectivity index (χ4n) is 2.96. The average molecular weight is 399 g/mol. The summed E-state index contributed by atoms with van der Waals surface area (Å²) >= 11 is 5.88. The molecule has 1 heterocycles. The van der Waals surface area contributed by atoms with Crippen LogP contribution in [-0.4, -0.2) is 21.9 Å². The Balaban J connectivity index is 1.67. The van der Waals surface area contributed by atoms with E-state index in [4.69, 9.17) is 11.6 Å². The lowest BCUT2D eigenvalue weighted by atomic mass is 9.96. The van der Waals surface area contributed by atoms with Crippen LogP contribution in [0.2, 0.25) is 5.02 Å². The van der Waals surface area contributed by atoms with E-state index >= 15 is 0 Å². The van der Waals surface area contributed by atoms with E-state index < -0.39 is 17.6 Å². The van der Waals surface area contributed by atoms with Crippen molar-refractivity contribution in [3.8, 4) is 0 Å². The van der Waals surface area contributed by atoms with Crippen LogP contribution in [0.25, 0.3) is 0 Å². The highest BCUT2D eigenvalue weighted by Crippen LogP contribution is 2.34. The quantitative estimate of drug-likeness (QED) is 0.747. The molecule has 0 spiro atoms. The Kier molecular flexibility index (Phi) is 5.84. The van der Waals surface area contributed by atoms with Gasteiger partial charge >= 0.3 is 6.18 Å². The third-order valence-corrected chi connectivity index (χ3v) is 4.71. The summed E-state index contributed by atoms with van der Waals surface area (Å²) in [6, 6.07) is 3.07. The predicted molar refractivity (Wildman–Crippen MR) is 96.9 cm³/mol. The normalized spacial score (nSPS) is 15.4. The van der Waals surface area contributed by atoms with Crippen LogP contribution < -0.4 is 10.6 Å². The van der Waals surface area contributed by atoms with Crippen molar-refractivity contribution in [1.29, 1.82) is 0 Å². The Labute approximate surface area is 159 Å². The number of carbonyl (C=O) groups is 1. The van der Waals surface area contributed by atoms with Gasteiger partial charge in [-0.05, 0) is 31.0 Å². The van der Waals surface area contributed by atoms with Gasteiger partial charge in [0.05, 0.1) is 28.7 Å². The molecule has 2 aromatic rings. The maximum atomic E-state index is 12.8. The van der Waals surface area contributed by atoms with Crippen molar-refractivity contribution in [3.05, 3.63) is 46.9 Å². The van der Waals surface area contributed by atoms with Gasteiger partial charge in [0, 0.05) is 6.04 Å². The molecule has 0 saturated heterocycles. The minimum atomic E-state index is -4.53. The van der Waals surface area contributed by atoms with Gasteiger partial charge in [0.1, 0.15) is 11.5 Å². The summed E-state index contributed by atoms with van der Waals surface area (Å²) in [7, 11) is 0. The molecule has 1 aliphatic rings. The lowest BCUT2D eigenvalue weighted by Crippen LogP contribution is -2.23. The van der Waals surface area contributed by atoms with Gasteiger partial charge < -0.3 is 10.6 Å². The molecule has 0 radical (unpaired) electrons. The van der Waals surface area contributed by atoms with Gasteiger partial charge in [-0.2, -0.15) is 13.2 Å². The number of alkyl halides is 3. The van der Waals surface area contributed by atoms with E-state index in [-0.39, 0.29) is 16.4 Å². The maximum absolute atomic E-state index is 12.8. The molecule has 1 aliphatic carbocycles. The minimum absolute atomic E-state index is 0.0000977. The number of rotatable bonds is 4. The number of aromatic nitrogens is 2. The summed E-state index contributed by atoms with van der Waals surface area (Å²) in [5, 5.41) is 5.62. The van der Waals surface area contributed by atoms with Crippen LogP contribution in [0.1, 0.15) is 48.2 Å². The molecule has 0 atom stereocenters. The van der Waals surface area contributed by atoms with Crippen LogP contribution in [0.3, 0.4) is 0 Å². The molecule has 144 valence electrons. The molecule has 1 amide bonds. The summed E-state index contributed by atoms with van der Waals surface area (Å²) in [6.45, 7) is 0. The smallest absolute Gasteiger partial charge is 0.366 e. The monoisotopic (exact) mass is 398 g/mol. The number of halogens is 4. The van der Waals surface area contributed by atoms with E-state index in [2.05, 4.69) is 20.6 Å².